The van der Waals surface area contributed by atoms with E-state index in [1.807, 2.05) is 4.90 Å². The average molecular weight is 438 g/mol. The van der Waals surface area contributed by atoms with Crippen LogP contribution in [-0.2, 0) is 11.3 Å². The Kier molecular flexibility index (Phi) is 5.81. The second-order valence-electron chi connectivity index (χ2n) is 8.00. The Morgan fingerprint density at radius 1 is 1.28 bits per heavy atom. The third-order valence-electron chi connectivity index (χ3n) is 5.58. The van der Waals surface area contributed by atoms with Gasteiger partial charge in [-0.2, -0.15) is 0 Å². The van der Waals surface area contributed by atoms with Crippen molar-refractivity contribution in [2.24, 2.45) is 5.92 Å². The van der Waals surface area contributed by atoms with Crippen LogP contribution in [0.5, 0.6) is 5.75 Å². The zero-order chi connectivity index (χ0) is 22.8. The minimum absolute atomic E-state index is 0.0513. The quantitative estimate of drug-likeness (QED) is 0.274. The number of hydrogen-bond donors (Lipinski definition) is 1. The van der Waals surface area contributed by atoms with Gasteiger partial charge in [0.25, 0.3) is 5.69 Å². The van der Waals surface area contributed by atoms with Crippen LogP contribution in [-0.4, -0.2) is 29.1 Å². The molecule has 166 valence electrons. The number of piperidine rings is 1. The standard InChI is InChI=1S/C23H22N2O7/c1-14-3-2-8-24(12-14)19-7-4-15(9-20(19)25(29)30)23(28)31-13-16-10-22(27)32-21-11-17(26)5-6-18(16)21/h4-7,9-11,14,26H,2-3,8,12-13H2,1H3/t14-/m0/s1. The van der Waals surface area contributed by atoms with E-state index in [1.165, 1.54) is 30.3 Å². The number of carbonyl (C=O) groups is 1. The number of anilines is 1. The Morgan fingerprint density at radius 2 is 2.09 bits per heavy atom. The van der Waals surface area contributed by atoms with Gasteiger partial charge in [-0.15, -0.1) is 0 Å². The fourth-order valence-corrected chi connectivity index (χ4v) is 4.04. The summed E-state index contributed by atoms with van der Waals surface area (Å²) in [6, 6.07) is 9.81. The Hall–Kier alpha value is -3.88. The number of fused-ring (bicyclic) bond motifs is 1. The van der Waals surface area contributed by atoms with Gasteiger partial charge >= 0.3 is 11.6 Å². The van der Waals surface area contributed by atoms with Crippen molar-refractivity contribution >= 4 is 28.3 Å². The molecule has 0 aliphatic carbocycles. The number of phenols is 1. The maximum atomic E-state index is 12.6. The molecule has 2 aromatic carbocycles. The lowest BCUT2D eigenvalue weighted by molar-refractivity contribution is -0.384. The number of ether oxygens (including phenoxy) is 1. The molecule has 0 saturated carbocycles. The summed E-state index contributed by atoms with van der Waals surface area (Å²) in [5.74, 6) is -0.370. The normalized spacial score (nSPS) is 16.2. The third kappa shape index (κ3) is 4.41. The number of nitro groups is 1. The molecule has 4 rings (SSSR count). The fourth-order valence-electron chi connectivity index (χ4n) is 4.04. The minimum Gasteiger partial charge on any atom is -0.508 e. The van der Waals surface area contributed by atoms with E-state index in [4.69, 9.17) is 9.15 Å². The second kappa shape index (κ2) is 8.70. The van der Waals surface area contributed by atoms with Crippen LogP contribution in [0.25, 0.3) is 11.0 Å². The van der Waals surface area contributed by atoms with E-state index in [2.05, 4.69) is 6.92 Å². The Balaban J connectivity index is 1.56. The summed E-state index contributed by atoms with van der Waals surface area (Å²) in [5.41, 5.74) is 0.317. The molecule has 1 atom stereocenters. The Labute approximate surface area is 183 Å². The molecule has 1 fully saturated rings. The molecule has 0 unspecified atom stereocenters. The van der Waals surface area contributed by atoms with Crippen molar-refractivity contribution in [2.75, 3.05) is 18.0 Å². The average Bonchev–Trinajstić information content (AvgIpc) is 2.76. The topological polar surface area (TPSA) is 123 Å². The van der Waals surface area contributed by atoms with Crippen LogP contribution < -0.4 is 10.5 Å². The number of esters is 1. The number of hydrogen-bond acceptors (Lipinski definition) is 8. The van der Waals surface area contributed by atoms with E-state index >= 15 is 0 Å². The predicted octanol–water partition coefficient (Wildman–Crippen LogP) is 4.00. The largest absolute Gasteiger partial charge is 0.508 e. The summed E-state index contributed by atoms with van der Waals surface area (Å²) in [7, 11) is 0. The lowest BCUT2D eigenvalue weighted by atomic mass is 9.99. The lowest BCUT2D eigenvalue weighted by Gasteiger charge is -2.32. The summed E-state index contributed by atoms with van der Waals surface area (Å²) in [6.07, 6.45) is 2.04. The van der Waals surface area contributed by atoms with Gasteiger partial charge in [-0.1, -0.05) is 6.92 Å². The van der Waals surface area contributed by atoms with Crippen LogP contribution >= 0.6 is 0 Å². The van der Waals surface area contributed by atoms with Gasteiger partial charge in [0, 0.05) is 42.2 Å². The van der Waals surface area contributed by atoms with E-state index in [0.717, 1.165) is 25.9 Å². The number of nitro benzene ring substituents is 1. The van der Waals surface area contributed by atoms with E-state index in [1.54, 1.807) is 12.1 Å². The number of rotatable bonds is 5. The molecule has 1 aromatic heterocycles. The zero-order valence-electron chi connectivity index (χ0n) is 17.4. The molecule has 1 aliphatic rings. The van der Waals surface area contributed by atoms with Crippen molar-refractivity contribution in [3.05, 3.63) is 74.1 Å². The Morgan fingerprint density at radius 3 is 2.84 bits per heavy atom. The van der Waals surface area contributed by atoms with Crippen molar-refractivity contribution in [2.45, 2.75) is 26.4 Å². The van der Waals surface area contributed by atoms with Gasteiger partial charge in [-0.3, -0.25) is 10.1 Å². The second-order valence-corrected chi connectivity index (χ2v) is 8.00. The Bertz CT molecular complexity index is 1250. The van der Waals surface area contributed by atoms with E-state index < -0.39 is 16.5 Å². The number of nitrogens with zero attached hydrogens (tertiary/aromatic N) is 2. The van der Waals surface area contributed by atoms with Gasteiger partial charge in [0.1, 0.15) is 23.6 Å². The highest BCUT2D eigenvalue weighted by atomic mass is 16.6. The van der Waals surface area contributed by atoms with E-state index in [9.17, 15) is 24.8 Å². The highest BCUT2D eigenvalue weighted by molar-refractivity contribution is 5.91. The maximum Gasteiger partial charge on any atom is 0.338 e. The van der Waals surface area contributed by atoms with Crippen LogP contribution in [0.2, 0.25) is 0 Å². The molecule has 0 radical (unpaired) electrons. The molecule has 0 spiro atoms. The van der Waals surface area contributed by atoms with Crippen molar-refractivity contribution in [1.29, 1.82) is 0 Å². The van der Waals surface area contributed by atoms with Crippen molar-refractivity contribution < 1.29 is 24.0 Å². The van der Waals surface area contributed by atoms with Crippen molar-refractivity contribution in [3.63, 3.8) is 0 Å². The molecule has 0 amide bonds. The maximum absolute atomic E-state index is 12.6. The molecule has 2 heterocycles. The SMILES string of the molecule is C[C@H]1CCCN(c2ccc(C(=O)OCc3cc(=O)oc4cc(O)ccc34)cc2[N+](=O)[O-])C1. The summed E-state index contributed by atoms with van der Waals surface area (Å²) in [4.78, 5) is 37.6. The van der Waals surface area contributed by atoms with Gasteiger partial charge in [-0.25, -0.2) is 9.59 Å². The van der Waals surface area contributed by atoms with Gasteiger partial charge in [0.2, 0.25) is 0 Å². The molecular weight excluding hydrogens is 416 g/mol. The van der Waals surface area contributed by atoms with Crippen LogP contribution in [0.1, 0.15) is 35.7 Å². The molecule has 1 saturated heterocycles. The minimum atomic E-state index is -0.744. The van der Waals surface area contributed by atoms with Crippen LogP contribution in [0.3, 0.4) is 0 Å². The van der Waals surface area contributed by atoms with Gasteiger partial charge in [-0.05, 0) is 43.0 Å². The summed E-state index contributed by atoms with van der Waals surface area (Å²) >= 11 is 0. The van der Waals surface area contributed by atoms with Crippen LogP contribution in [0.15, 0.2) is 51.7 Å². The first-order chi connectivity index (χ1) is 15.3. The summed E-state index contributed by atoms with van der Waals surface area (Å²) in [5, 5.41) is 21.8. The van der Waals surface area contributed by atoms with Crippen molar-refractivity contribution in [1.82, 2.24) is 0 Å². The zero-order valence-corrected chi connectivity index (χ0v) is 17.4. The van der Waals surface area contributed by atoms with Gasteiger partial charge in [0.15, 0.2) is 0 Å². The predicted molar refractivity (Wildman–Crippen MR) is 117 cm³/mol. The molecule has 1 N–H and O–H groups in total. The highest BCUT2D eigenvalue weighted by Crippen LogP contribution is 2.33. The molecular formula is C23H22N2O7. The van der Waals surface area contributed by atoms with E-state index in [-0.39, 0.29) is 29.2 Å². The molecule has 32 heavy (non-hydrogen) atoms. The first kappa shape index (κ1) is 21.4. The van der Waals surface area contributed by atoms with E-state index in [0.29, 0.717) is 22.6 Å². The first-order valence-electron chi connectivity index (χ1n) is 10.3. The van der Waals surface area contributed by atoms with Crippen LogP contribution in [0, 0.1) is 16.0 Å². The number of benzene rings is 2. The van der Waals surface area contributed by atoms with Gasteiger partial charge < -0.3 is 19.2 Å². The lowest BCUT2D eigenvalue weighted by Crippen LogP contribution is -2.34. The summed E-state index contributed by atoms with van der Waals surface area (Å²) < 4.78 is 10.4. The molecule has 1 aliphatic heterocycles. The molecule has 3 aromatic rings. The summed E-state index contributed by atoms with van der Waals surface area (Å²) in [6.45, 7) is 3.34. The first-order valence-corrected chi connectivity index (χ1v) is 10.3. The molecule has 0 bridgehead atoms. The third-order valence-corrected chi connectivity index (χ3v) is 5.58. The number of aromatic hydroxyl groups is 1. The van der Waals surface area contributed by atoms with Crippen molar-refractivity contribution in [3.8, 4) is 5.75 Å². The smallest absolute Gasteiger partial charge is 0.338 e. The monoisotopic (exact) mass is 438 g/mol. The van der Waals surface area contributed by atoms with Gasteiger partial charge in [0.05, 0.1) is 10.5 Å². The van der Waals surface area contributed by atoms with Crippen LogP contribution in [0.4, 0.5) is 11.4 Å². The molecule has 9 heteroatoms. The highest BCUT2D eigenvalue weighted by Gasteiger charge is 2.25. The molecule has 9 nitrogen and oxygen atoms in total. The fraction of sp³-hybridized carbons (Fsp3) is 0.304. The number of phenolic OH excluding ortho intramolecular Hbond substituents is 1. The number of carbonyl (C=O) groups excluding carboxylic acids is 1.